The molecule has 1 aromatic carbocycles. The minimum Gasteiger partial charge on any atom is -0.497 e. The summed E-state index contributed by atoms with van der Waals surface area (Å²) >= 11 is 0. The number of benzene rings is 1. The van der Waals surface area contributed by atoms with Crippen molar-refractivity contribution in [2.75, 3.05) is 39.8 Å². The van der Waals surface area contributed by atoms with Crippen LogP contribution >= 0.6 is 0 Å². The third-order valence-corrected chi connectivity index (χ3v) is 3.61. The number of halogens is 1. The summed E-state index contributed by atoms with van der Waals surface area (Å²) in [5, 5.41) is 0. The third-order valence-electron chi connectivity index (χ3n) is 3.61. The Balaban J connectivity index is 2.02. The molecule has 5 heteroatoms. The predicted molar refractivity (Wildman–Crippen MR) is 75.6 cm³/mol. The van der Waals surface area contributed by atoms with Crippen LogP contribution in [0, 0.1) is 5.82 Å². The molecule has 0 saturated carbocycles. The van der Waals surface area contributed by atoms with E-state index in [1.54, 1.807) is 11.0 Å². The molecule has 0 unspecified atom stereocenters. The van der Waals surface area contributed by atoms with Crippen LogP contribution in [0.25, 0.3) is 0 Å². The van der Waals surface area contributed by atoms with E-state index in [1.165, 1.54) is 19.2 Å². The number of hydrogen-bond acceptors (Lipinski definition) is 3. The molecule has 1 fully saturated rings. The Morgan fingerprint density at radius 2 is 2.00 bits per heavy atom. The first kappa shape index (κ1) is 14.8. The Kier molecular flexibility index (Phi) is 4.95. The molecule has 0 aromatic heterocycles. The fourth-order valence-corrected chi connectivity index (χ4v) is 2.46. The summed E-state index contributed by atoms with van der Waals surface area (Å²) in [5.41, 5.74) is 0.120. The number of ether oxygens (including phenoxy) is 1. The maximum atomic E-state index is 13.9. The molecule has 0 radical (unpaired) electrons. The molecule has 1 heterocycles. The number of hydrogen-bond donors (Lipinski definition) is 0. The Hall–Kier alpha value is -1.62. The molecule has 4 nitrogen and oxygen atoms in total. The third kappa shape index (κ3) is 3.28. The molecule has 110 valence electrons. The van der Waals surface area contributed by atoms with Crippen LogP contribution in [0.1, 0.15) is 23.7 Å². The SMILES string of the molecule is CCCN1CCN(C(=O)c2ccc(OC)cc2F)CC1. The second-order valence-corrected chi connectivity index (χ2v) is 4.98. The normalized spacial score (nSPS) is 16.2. The highest BCUT2D eigenvalue weighted by molar-refractivity contribution is 5.94. The van der Waals surface area contributed by atoms with Gasteiger partial charge in [-0.05, 0) is 25.1 Å². The van der Waals surface area contributed by atoms with Crippen LogP contribution in [0.3, 0.4) is 0 Å². The molecule has 20 heavy (non-hydrogen) atoms. The zero-order valence-corrected chi connectivity index (χ0v) is 12.1. The van der Waals surface area contributed by atoms with Crippen molar-refractivity contribution in [3.63, 3.8) is 0 Å². The minimum absolute atomic E-state index is 0.120. The van der Waals surface area contributed by atoms with Crippen LogP contribution in [0.15, 0.2) is 18.2 Å². The van der Waals surface area contributed by atoms with Crippen molar-refractivity contribution >= 4 is 5.91 Å². The summed E-state index contributed by atoms with van der Waals surface area (Å²) in [5.74, 6) is -0.335. The maximum Gasteiger partial charge on any atom is 0.256 e. The first-order valence-electron chi connectivity index (χ1n) is 7.01. The van der Waals surface area contributed by atoms with Gasteiger partial charge >= 0.3 is 0 Å². The number of piperazine rings is 1. The van der Waals surface area contributed by atoms with Gasteiger partial charge in [0.15, 0.2) is 0 Å². The van der Waals surface area contributed by atoms with Gasteiger partial charge in [0.1, 0.15) is 11.6 Å². The summed E-state index contributed by atoms with van der Waals surface area (Å²) in [6.07, 6.45) is 1.11. The van der Waals surface area contributed by atoms with Crippen LogP contribution in [0.4, 0.5) is 4.39 Å². The topological polar surface area (TPSA) is 32.8 Å². The van der Waals surface area contributed by atoms with Crippen molar-refractivity contribution in [2.45, 2.75) is 13.3 Å². The monoisotopic (exact) mass is 280 g/mol. The molecule has 1 saturated heterocycles. The van der Waals surface area contributed by atoms with Crippen molar-refractivity contribution < 1.29 is 13.9 Å². The van der Waals surface area contributed by atoms with Gasteiger partial charge in [-0.1, -0.05) is 6.92 Å². The van der Waals surface area contributed by atoms with Crippen molar-refractivity contribution in [1.82, 2.24) is 9.80 Å². The van der Waals surface area contributed by atoms with Crippen molar-refractivity contribution in [3.8, 4) is 5.75 Å². The molecule has 1 aliphatic rings. The lowest BCUT2D eigenvalue weighted by atomic mass is 10.1. The predicted octanol–water partition coefficient (Wildman–Crippen LogP) is 2.00. The van der Waals surface area contributed by atoms with E-state index in [2.05, 4.69) is 11.8 Å². The summed E-state index contributed by atoms with van der Waals surface area (Å²) in [6, 6.07) is 4.36. The van der Waals surface area contributed by atoms with E-state index in [0.29, 0.717) is 18.8 Å². The van der Waals surface area contributed by atoms with E-state index in [4.69, 9.17) is 4.74 Å². The second-order valence-electron chi connectivity index (χ2n) is 4.98. The molecule has 2 rings (SSSR count). The van der Waals surface area contributed by atoms with Gasteiger partial charge in [-0.2, -0.15) is 0 Å². The lowest BCUT2D eigenvalue weighted by molar-refractivity contribution is 0.0633. The molecule has 1 aromatic rings. The Bertz CT molecular complexity index is 471. The van der Waals surface area contributed by atoms with E-state index >= 15 is 0 Å². The quantitative estimate of drug-likeness (QED) is 0.845. The van der Waals surface area contributed by atoms with E-state index in [1.807, 2.05) is 0 Å². The highest BCUT2D eigenvalue weighted by Crippen LogP contribution is 2.18. The largest absolute Gasteiger partial charge is 0.497 e. The molecule has 0 atom stereocenters. The highest BCUT2D eigenvalue weighted by atomic mass is 19.1. The smallest absolute Gasteiger partial charge is 0.256 e. The number of amides is 1. The van der Waals surface area contributed by atoms with Gasteiger partial charge in [0.05, 0.1) is 12.7 Å². The Morgan fingerprint density at radius 1 is 1.30 bits per heavy atom. The second kappa shape index (κ2) is 6.70. The number of carbonyl (C=O) groups is 1. The van der Waals surface area contributed by atoms with E-state index < -0.39 is 5.82 Å². The summed E-state index contributed by atoms with van der Waals surface area (Å²) in [7, 11) is 1.48. The van der Waals surface area contributed by atoms with E-state index in [9.17, 15) is 9.18 Å². The van der Waals surface area contributed by atoms with Crippen LogP contribution < -0.4 is 4.74 Å². The Morgan fingerprint density at radius 3 is 2.55 bits per heavy atom. The zero-order valence-electron chi connectivity index (χ0n) is 12.1. The number of methoxy groups -OCH3 is 1. The van der Waals surface area contributed by atoms with Crippen LogP contribution in [-0.2, 0) is 0 Å². The lowest BCUT2D eigenvalue weighted by Crippen LogP contribution is -2.48. The molecular formula is C15H21FN2O2. The van der Waals surface area contributed by atoms with Crippen molar-refractivity contribution in [2.24, 2.45) is 0 Å². The van der Waals surface area contributed by atoms with Gasteiger partial charge in [-0.3, -0.25) is 9.69 Å². The lowest BCUT2D eigenvalue weighted by Gasteiger charge is -2.34. The molecule has 0 N–H and O–H groups in total. The summed E-state index contributed by atoms with van der Waals surface area (Å²) in [6.45, 7) is 6.23. The van der Waals surface area contributed by atoms with Crippen LogP contribution in [0.5, 0.6) is 5.75 Å². The average Bonchev–Trinajstić information content (AvgIpc) is 2.47. The molecule has 0 aliphatic carbocycles. The number of rotatable bonds is 4. The van der Waals surface area contributed by atoms with E-state index in [0.717, 1.165) is 26.1 Å². The average molecular weight is 280 g/mol. The first-order valence-corrected chi connectivity index (χ1v) is 7.01. The molecule has 0 spiro atoms. The number of nitrogens with zero attached hydrogens (tertiary/aromatic N) is 2. The minimum atomic E-state index is -0.523. The van der Waals surface area contributed by atoms with Gasteiger partial charge in [0, 0.05) is 32.2 Å². The molecular weight excluding hydrogens is 259 g/mol. The summed E-state index contributed by atoms with van der Waals surface area (Å²) in [4.78, 5) is 16.4. The van der Waals surface area contributed by atoms with Gasteiger partial charge in [0.2, 0.25) is 0 Å². The van der Waals surface area contributed by atoms with Crippen LogP contribution in [0.2, 0.25) is 0 Å². The van der Waals surface area contributed by atoms with Gasteiger partial charge in [0.25, 0.3) is 5.91 Å². The molecule has 0 bridgehead atoms. The van der Waals surface area contributed by atoms with Gasteiger partial charge in [-0.25, -0.2) is 4.39 Å². The van der Waals surface area contributed by atoms with Gasteiger partial charge in [-0.15, -0.1) is 0 Å². The number of carbonyl (C=O) groups excluding carboxylic acids is 1. The Labute approximate surface area is 119 Å². The summed E-state index contributed by atoms with van der Waals surface area (Å²) < 4.78 is 18.8. The standard InChI is InChI=1S/C15H21FN2O2/c1-3-6-17-7-9-18(10-8-17)15(19)13-5-4-12(20-2)11-14(13)16/h4-5,11H,3,6-10H2,1-2H3. The fourth-order valence-electron chi connectivity index (χ4n) is 2.46. The van der Waals surface area contributed by atoms with Crippen molar-refractivity contribution in [3.05, 3.63) is 29.6 Å². The highest BCUT2D eigenvalue weighted by Gasteiger charge is 2.23. The molecule has 1 amide bonds. The zero-order chi connectivity index (χ0) is 14.5. The van der Waals surface area contributed by atoms with Crippen molar-refractivity contribution in [1.29, 1.82) is 0 Å². The molecule has 1 aliphatic heterocycles. The first-order chi connectivity index (χ1) is 9.65. The fraction of sp³-hybridized carbons (Fsp3) is 0.533. The maximum absolute atomic E-state index is 13.9. The van der Waals surface area contributed by atoms with Crippen LogP contribution in [-0.4, -0.2) is 55.5 Å². The van der Waals surface area contributed by atoms with Gasteiger partial charge < -0.3 is 9.64 Å². The van der Waals surface area contributed by atoms with E-state index in [-0.39, 0.29) is 11.5 Å².